The molecule has 3 heterocycles. The minimum absolute atomic E-state index is 0.0180. The van der Waals surface area contributed by atoms with E-state index in [0.717, 1.165) is 24.4 Å². The number of rotatable bonds is 7. The lowest BCUT2D eigenvalue weighted by molar-refractivity contribution is 0.216. The number of anilines is 1. The zero-order chi connectivity index (χ0) is 19.3. The Hall–Kier alpha value is -1.74. The molecule has 0 amide bonds. The summed E-state index contributed by atoms with van der Waals surface area (Å²) in [6.45, 7) is 1.63. The van der Waals surface area contributed by atoms with Gasteiger partial charge in [0.1, 0.15) is 11.5 Å². The Labute approximate surface area is 164 Å². The van der Waals surface area contributed by atoms with E-state index < -0.39 is 10.0 Å². The molecule has 146 valence electrons. The molecular formula is C18H23ClN4O3S. The van der Waals surface area contributed by atoms with Gasteiger partial charge >= 0.3 is 0 Å². The zero-order valence-corrected chi connectivity index (χ0v) is 16.7. The number of hydrogen-bond donors (Lipinski definition) is 1. The third-order valence-corrected chi connectivity index (χ3v) is 6.16. The fraction of sp³-hybridized carbons (Fsp3) is 0.444. The van der Waals surface area contributed by atoms with Crippen molar-refractivity contribution in [2.75, 3.05) is 37.5 Å². The summed E-state index contributed by atoms with van der Waals surface area (Å²) in [4.78, 5) is 11.1. The second-order valence-corrected chi connectivity index (χ2v) is 8.69. The maximum atomic E-state index is 12.0. The molecule has 9 heteroatoms. The van der Waals surface area contributed by atoms with Crippen LogP contribution >= 0.6 is 11.6 Å². The molecule has 0 unspecified atom stereocenters. The first-order chi connectivity index (χ1) is 13.0. The molecule has 2 aromatic heterocycles. The van der Waals surface area contributed by atoms with Gasteiger partial charge in [0.25, 0.3) is 0 Å². The van der Waals surface area contributed by atoms with E-state index in [1.165, 1.54) is 7.11 Å². The highest BCUT2D eigenvalue weighted by Crippen LogP contribution is 2.28. The predicted octanol–water partition coefficient (Wildman–Crippen LogP) is 2.33. The van der Waals surface area contributed by atoms with E-state index in [1.54, 1.807) is 6.20 Å². The highest BCUT2D eigenvalue weighted by Gasteiger charge is 2.24. The van der Waals surface area contributed by atoms with E-state index in [-0.39, 0.29) is 18.4 Å². The molecule has 27 heavy (non-hydrogen) atoms. The second-order valence-electron chi connectivity index (χ2n) is 6.41. The Balaban J connectivity index is 1.65. The van der Waals surface area contributed by atoms with Crippen molar-refractivity contribution in [1.29, 1.82) is 0 Å². The molecule has 0 bridgehead atoms. The van der Waals surface area contributed by atoms with E-state index in [4.69, 9.17) is 16.3 Å². The van der Waals surface area contributed by atoms with E-state index in [9.17, 15) is 8.42 Å². The number of aromatic nitrogens is 2. The number of hydrogen-bond acceptors (Lipinski definition) is 6. The summed E-state index contributed by atoms with van der Waals surface area (Å²) in [7, 11) is -1.82. The summed E-state index contributed by atoms with van der Waals surface area (Å²) >= 11 is 6.30. The van der Waals surface area contributed by atoms with Crippen LogP contribution in [0.4, 0.5) is 5.82 Å². The normalized spacial score (nSPS) is 15.9. The third-order valence-electron chi connectivity index (χ3n) is 4.46. The molecule has 1 fully saturated rings. The molecule has 0 saturated carbocycles. The van der Waals surface area contributed by atoms with Crippen molar-refractivity contribution >= 4 is 27.4 Å². The van der Waals surface area contributed by atoms with Gasteiger partial charge in [-0.1, -0.05) is 17.7 Å². The number of nitrogens with one attached hydrogen (secondary N) is 1. The molecule has 0 atom stereocenters. The van der Waals surface area contributed by atoms with Crippen LogP contribution in [0.2, 0.25) is 5.02 Å². The van der Waals surface area contributed by atoms with Gasteiger partial charge in [-0.25, -0.2) is 18.1 Å². The van der Waals surface area contributed by atoms with E-state index in [2.05, 4.69) is 19.6 Å². The Morgan fingerprint density at radius 3 is 2.70 bits per heavy atom. The van der Waals surface area contributed by atoms with E-state index in [0.29, 0.717) is 23.8 Å². The van der Waals surface area contributed by atoms with Crippen molar-refractivity contribution in [3.05, 3.63) is 41.6 Å². The summed E-state index contributed by atoms with van der Waals surface area (Å²) in [6.07, 6.45) is 3.14. The van der Waals surface area contributed by atoms with Gasteiger partial charge in [0.2, 0.25) is 10.0 Å². The molecule has 1 N–H and O–H groups in total. The quantitative estimate of drug-likeness (QED) is 0.754. The van der Waals surface area contributed by atoms with Crippen molar-refractivity contribution in [3.8, 4) is 11.4 Å². The number of methoxy groups -OCH3 is 1. The van der Waals surface area contributed by atoms with Gasteiger partial charge < -0.3 is 9.64 Å². The van der Waals surface area contributed by atoms with Crippen LogP contribution in [0.3, 0.4) is 0 Å². The Bertz CT molecular complexity index is 856. The monoisotopic (exact) mass is 410 g/mol. The first kappa shape index (κ1) is 20.0. The standard InChI is InChI=1S/C18H23ClN4O3S/c1-26-12-13-27(24,25)22-14-7-10-23(11-8-14)17-6-5-15(19)18(21-17)16-4-2-3-9-20-16/h2-6,9,14,22H,7-8,10-13H2,1H3. The predicted molar refractivity (Wildman–Crippen MR) is 107 cm³/mol. The van der Waals surface area contributed by atoms with Crippen LogP contribution in [0.25, 0.3) is 11.4 Å². The lowest BCUT2D eigenvalue weighted by atomic mass is 10.1. The Morgan fingerprint density at radius 1 is 1.26 bits per heavy atom. The molecule has 1 aliphatic rings. The fourth-order valence-electron chi connectivity index (χ4n) is 3.02. The SMILES string of the molecule is COCCS(=O)(=O)NC1CCN(c2ccc(Cl)c(-c3ccccn3)n2)CC1. The van der Waals surface area contributed by atoms with Gasteiger partial charge in [0, 0.05) is 32.4 Å². The molecule has 0 radical (unpaired) electrons. The second kappa shape index (κ2) is 8.97. The van der Waals surface area contributed by atoms with Crippen molar-refractivity contribution < 1.29 is 13.2 Å². The molecule has 0 spiro atoms. The summed E-state index contributed by atoms with van der Waals surface area (Å²) in [6, 6.07) is 9.27. The maximum absolute atomic E-state index is 12.0. The Morgan fingerprint density at radius 2 is 2.04 bits per heavy atom. The van der Waals surface area contributed by atoms with Crippen molar-refractivity contribution in [2.45, 2.75) is 18.9 Å². The minimum Gasteiger partial charge on any atom is -0.384 e. The van der Waals surface area contributed by atoms with Crippen molar-refractivity contribution in [1.82, 2.24) is 14.7 Å². The number of ether oxygens (including phenoxy) is 1. The van der Waals surface area contributed by atoms with Crippen LogP contribution in [-0.4, -0.2) is 57.0 Å². The van der Waals surface area contributed by atoms with Crippen LogP contribution in [0.5, 0.6) is 0 Å². The van der Waals surface area contributed by atoms with Crippen LogP contribution in [0.15, 0.2) is 36.5 Å². The fourth-order valence-corrected chi connectivity index (χ4v) is 4.47. The molecular weight excluding hydrogens is 388 g/mol. The van der Waals surface area contributed by atoms with Crippen LogP contribution in [-0.2, 0) is 14.8 Å². The first-order valence-corrected chi connectivity index (χ1v) is 10.8. The highest BCUT2D eigenvalue weighted by molar-refractivity contribution is 7.89. The minimum atomic E-state index is -3.31. The van der Waals surface area contributed by atoms with Crippen LogP contribution in [0.1, 0.15) is 12.8 Å². The van der Waals surface area contributed by atoms with Gasteiger partial charge in [-0.2, -0.15) is 0 Å². The van der Waals surface area contributed by atoms with Gasteiger partial charge in [-0.15, -0.1) is 0 Å². The van der Waals surface area contributed by atoms with Crippen LogP contribution in [0, 0.1) is 0 Å². The first-order valence-electron chi connectivity index (χ1n) is 8.80. The van der Waals surface area contributed by atoms with E-state index >= 15 is 0 Å². The number of nitrogens with zero attached hydrogens (tertiary/aromatic N) is 3. The Kier molecular flexibility index (Phi) is 6.64. The molecule has 1 aliphatic heterocycles. The molecule has 1 saturated heterocycles. The van der Waals surface area contributed by atoms with E-state index in [1.807, 2.05) is 30.3 Å². The summed E-state index contributed by atoms with van der Waals surface area (Å²) in [5.41, 5.74) is 1.38. The van der Waals surface area contributed by atoms with Crippen LogP contribution < -0.4 is 9.62 Å². The maximum Gasteiger partial charge on any atom is 0.214 e. The van der Waals surface area contributed by atoms with Gasteiger partial charge in [0.15, 0.2) is 0 Å². The lowest BCUT2D eigenvalue weighted by Crippen LogP contribution is -2.45. The zero-order valence-electron chi connectivity index (χ0n) is 15.1. The lowest BCUT2D eigenvalue weighted by Gasteiger charge is -2.33. The molecule has 0 aliphatic carbocycles. The number of piperidine rings is 1. The number of sulfonamides is 1. The summed E-state index contributed by atoms with van der Waals surface area (Å²) in [5, 5.41) is 0.554. The number of pyridine rings is 2. The topological polar surface area (TPSA) is 84.4 Å². The summed E-state index contributed by atoms with van der Waals surface area (Å²) < 4.78 is 31.6. The molecule has 2 aromatic rings. The van der Waals surface area contributed by atoms with Gasteiger partial charge in [0.05, 0.1) is 23.1 Å². The van der Waals surface area contributed by atoms with Crippen molar-refractivity contribution in [2.24, 2.45) is 0 Å². The highest BCUT2D eigenvalue weighted by atomic mass is 35.5. The largest absolute Gasteiger partial charge is 0.384 e. The summed E-state index contributed by atoms with van der Waals surface area (Å²) in [5.74, 6) is 0.802. The average Bonchev–Trinajstić information content (AvgIpc) is 2.68. The van der Waals surface area contributed by atoms with Gasteiger partial charge in [-0.3, -0.25) is 4.98 Å². The van der Waals surface area contributed by atoms with Crippen molar-refractivity contribution in [3.63, 3.8) is 0 Å². The molecule has 7 nitrogen and oxygen atoms in total. The molecule has 0 aromatic carbocycles. The molecule has 3 rings (SSSR count). The third kappa shape index (κ3) is 5.38. The van der Waals surface area contributed by atoms with Gasteiger partial charge in [-0.05, 0) is 37.1 Å². The smallest absolute Gasteiger partial charge is 0.214 e. The average molecular weight is 411 g/mol. The number of halogens is 1.